The summed E-state index contributed by atoms with van der Waals surface area (Å²) in [7, 11) is -3.00. The molecule has 1 aliphatic heterocycles. The summed E-state index contributed by atoms with van der Waals surface area (Å²) in [6, 6.07) is 0. The molecule has 0 aliphatic carbocycles. The van der Waals surface area contributed by atoms with E-state index in [0.29, 0.717) is 0 Å². The van der Waals surface area contributed by atoms with Crippen molar-refractivity contribution in [3.63, 3.8) is 0 Å². The Morgan fingerprint density at radius 2 is 1.75 bits per heavy atom. The zero-order chi connectivity index (χ0) is 9.41. The third-order valence-electron chi connectivity index (χ3n) is 2.02. The van der Waals surface area contributed by atoms with Gasteiger partial charge in [0.1, 0.15) is 5.60 Å². The molecule has 1 heterocycles. The van der Waals surface area contributed by atoms with Gasteiger partial charge in [-0.3, -0.25) is 4.79 Å². The number of halogens is 1. The van der Waals surface area contributed by atoms with Crippen LogP contribution in [0.5, 0.6) is 0 Å². The Bertz CT molecular complexity index is 281. The molecular formula is C6H9IO4S. The number of hydrogen-bond donors (Lipinski definition) is 1. The van der Waals surface area contributed by atoms with Crippen molar-refractivity contribution in [2.75, 3.05) is 11.5 Å². The molecule has 0 atom stereocenters. The summed E-state index contributed by atoms with van der Waals surface area (Å²) in [6.07, 6.45) is 0.0776. The lowest BCUT2D eigenvalue weighted by Gasteiger charge is -2.27. The van der Waals surface area contributed by atoms with Crippen molar-refractivity contribution in [2.24, 2.45) is 0 Å². The van der Waals surface area contributed by atoms with Crippen molar-refractivity contribution < 1.29 is 18.3 Å². The van der Waals surface area contributed by atoms with Crippen LogP contribution in [0.1, 0.15) is 12.8 Å². The van der Waals surface area contributed by atoms with E-state index >= 15 is 0 Å². The summed E-state index contributed by atoms with van der Waals surface area (Å²) in [4.78, 5) is 10.9. The molecule has 0 saturated carbocycles. The SMILES string of the molecule is O=C(I)C1(O)CCS(=O)(=O)CC1. The lowest BCUT2D eigenvalue weighted by molar-refractivity contribution is -0.126. The number of aliphatic hydroxyl groups is 1. The molecule has 0 aromatic carbocycles. The van der Waals surface area contributed by atoms with Gasteiger partial charge in [0.05, 0.1) is 11.5 Å². The highest BCUT2D eigenvalue weighted by atomic mass is 127. The van der Waals surface area contributed by atoms with Gasteiger partial charge in [-0.1, -0.05) is 0 Å². The maximum Gasteiger partial charge on any atom is 0.223 e. The maximum atomic E-state index is 10.9. The Kier molecular flexibility index (Phi) is 2.79. The fourth-order valence-corrected chi connectivity index (χ4v) is 3.11. The van der Waals surface area contributed by atoms with E-state index in [1.165, 1.54) is 22.6 Å². The topological polar surface area (TPSA) is 71.4 Å². The molecular weight excluding hydrogens is 295 g/mol. The smallest absolute Gasteiger partial charge is 0.223 e. The largest absolute Gasteiger partial charge is 0.381 e. The number of carbonyl (C=O) groups excluding carboxylic acids is 1. The lowest BCUT2D eigenvalue weighted by Crippen LogP contribution is -2.43. The fraction of sp³-hybridized carbons (Fsp3) is 0.833. The Morgan fingerprint density at radius 3 is 2.08 bits per heavy atom. The van der Waals surface area contributed by atoms with Crippen molar-refractivity contribution >= 4 is 36.2 Å². The Morgan fingerprint density at radius 1 is 1.33 bits per heavy atom. The molecule has 0 radical (unpaired) electrons. The van der Waals surface area contributed by atoms with E-state index in [-0.39, 0.29) is 28.1 Å². The molecule has 0 aromatic heterocycles. The molecule has 0 spiro atoms. The van der Waals surface area contributed by atoms with Crippen molar-refractivity contribution in [1.82, 2.24) is 0 Å². The number of hydrogen-bond acceptors (Lipinski definition) is 4. The van der Waals surface area contributed by atoms with E-state index in [0.717, 1.165) is 0 Å². The number of rotatable bonds is 1. The van der Waals surface area contributed by atoms with Gasteiger partial charge in [0, 0.05) is 22.6 Å². The van der Waals surface area contributed by atoms with Gasteiger partial charge in [0.25, 0.3) is 0 Å². The first kappa shape index (κ1) is 10.4. The zero-order valence-electron chi connectivity index (χ0n) is 6.29. The molecule has 1 rings (SSSR count). The maximum absolute atomic E-state index is 10.9. The second kappa shape index (κ2) is 3.22. The zero-order valence-corrected chi connectivity index (χ0v) is 9.26. The summed E-state index contributed by atoms with van der Waals surface area (Å²) in [5.41, 5.74) is -1.40. The van der Waals surface area contributed by atoms with Gasteiger partial charge in [0.2, 0.25) is 3.79 Å². The molecule has 70 valence electrons. The van der Waals surface area contributed by atoms with Crippen LogP contribution < -0.4 is 0 Å². The average Bonchev–Trinajstić information content (AvgIpc) is 1.96. The normalized spacial score (nSPS) is 26.5. The third kappa shape index (κ3) is 2.17. The molecule has 4 nitrogen and oxygen atoms in total. The van der Waals surface area contributed by atoms with Crippen molar-refractivity contribution in [3.8, 4) is 0 Å². The first-order chi connectivity index (χ1) is 5.36. The second-order valence-corrected chi connectivity index (χ2v) is 6.24. The van der Waals surface area contributed by atoms with Crippen LogP contribution in [0.4, 0.5) is 0 Å². The number of carbonyl (C=O) groups is 1. The molecule has 6 heteroatoms. The second-order valence-electron chi connectivity index (χ2n) is 2.96. The van der Waals surface area contributed by atoms with Crippen LogP contribution in [0.15, 0.2) is 0 Å². The highest BCUT2D eigenvalue weighted by molar-refractivity contribution is 14.1. The quantitative estimate of drug-likeness (QED) is 0.542. The van der Waals surface area contributed by atoms with Crippen molar-refractivity contribution in [3.05, 3.63) is 0 Å². The van der Waals surface area contributed by atoms with Crippen molar-refractivity contribution in [1.29, 1.82) is 0 Å². The van der Waals surface area contributed by atoms with Gasteiger partial charge in [0.15, 0.2) is 9.84 Å². The van der Waals surface area contributed by atoms with Gasteiger partial charge in [-0.15, -0.1) is 0 Å². The summed E-state index contributed by atoms with van der Waals surface area (Å²) in [5.74, 6) is -0.170. The van der Waals surface area contributed by atoms with E-state index in [1.807, 2.05) is 0 Å². The lowest BCUT2D eigenvalue weighted by atomic mass is 9.99. The molecule has 0 aromatic rings. The molecule has 1 N–H and O–H groups in total. The van der Waals surface area contributed by atoms with Gasteiger partial charge in [-0.25, -0.2) is 8.42 Å². The van der Waals surface area contributed by atoms with Crippen LogP contribution in [0, 0.1) is 0 Å². The van der Waals surface area contributed by atoms with E-state index in [1.54, 1.807) is 0 Å². The van der Waals surface area contributed by atoms with Crippen LogP contribution >= 0.6 is 22.6 Å². The van der Waals surface area contributed by atoms with Gasteiger partial charge >= 0.3 is 0 Å². The summed E-state index contributed by atoms with van der Waals surface area (Å²) in [6.45, 7) is 0. The standard InChI is InChI=1S/C6H9IO4S/c7-5(8)6(9)1-3-12(10,11)4-2-6/h9H,1-4H2. The monoisotopic (exact) mass is 304 g/mol. The number of sulfone groups is 1. The highest BCUT2D eigenvalue weighted by Gasteiger charge is 2.40. The summed E-state index contributed by atoms with van der Waals surface area (Å²) >= 11 is 1.51. The van der Waals surface area contributed by atoms with Crippen LogP contribution in [0.25, 0.3) is 0 Å². The van der Waals surface area contributed by atoms with Crippen molar-refractivity contribution in [2.45, 2.75) is 18.4 Å². The van der Waals surface area contributed by atoms with E-state index in [9.17, 15) is 18.3 Å². The average molecular weight is 304 g/mol. The molecule has 1 fully saturated rings. The van der Waals surface area contributed by atoms with E-state index in [4.69, 9.17) is 0 Å². The van der Waals surface area contributed by atoms with Gasteiger partial charge in [-0.2, -0.15) is 0 Å². The molecule has 0 unspecified atom stereocenters. The van der Waals surface area contributed by atoms with Gasteiger partial charge < -0.3 is 5.11 Å². The van der Waals surface area contributed by atoms with E-state index in [2.05, 4.69) is 0 Å². The molecule has 0 bridgehead atoms. The minimum Gasteiger partial charge on any atom is -0.381 e. The predicted molar refractivity (Wildman–Crippen MR) is 51.9 cm³/mol. The summed E-state index contributed by atoms with van der Waals surface area (Å²) in [5, 5.41) is 9.56. The molecule has 1 saturated heterocycles. The predicted octanol–water partition coefficient (Wildman–Crippen LogP) is -0.112. The van der Waals surface area contributed by atoms with Crippen LogP contribution in [-0.4, -0.2) is 34.4 Å². The highest BCUT2D eigenvalue weighted by Crippen LogP contribution is 2.26. The molecule has 12 heavy (non-hydrogen) atoms. The molecule has 1 aliphatic rings. The minimum atomic E-state index is -3.00. The Balaban J connectivity index is 2.74. The van der Waals surface area contributed by atoms with Crippen LogP contribution in [-0.2, 0) is 14.6 Å². The third-order valence-corrected chi connectivity index (χ3v) is 4.68. The van der Waals surface area contributed by atoms with Crippen LogP contribution in [0.2, 0.25) is 0 Å². The molecule has 0 amide bonds. The van der Waals surface area contributed by atoms with E-state index < -0.39 is 15.4 Å². The van der Waals surface area contributed by atoms with Crippen LogP contribution in [0.3, 0.4) is 0 Å². The Labute approximate surface area is 84.4 Å². The fourth-order valence-electron chi connectivity index (χ4n) is 1.07. The Hall–Kier alpha value is 0.310. The first-order valence-corrected chi connectivity index (χ1v) is 6.38. The first-order valence-electron chi connectivity index (χ1n) is 3.48. The summed E-state index contributed by atoms with van der Waals surface area (Å²) < 4.78 is 21.5. The minimum absolute atomic E-state index is 0.0388. The van der Waals surface area contributed by atoms with Gasteiger partial charge in [-0.05, 0) is 12.8 Å².